The zero-order valence-corrected chi connectivity index (χ0v) is 27.9. The molecule has 1 fully saturated rings. The van der Waals surface area contributed by atoms with Gasteiger partial charge in [-0.1, -0.05) is 97.6 Å². The Balaban J connectivity index is 1.56. The minimum atomic E-state index is -4.16. The third-order valence-electron chi connectivity index (χ3n) is 8.63. The molecule has 0 heterocycles. The lowest BCUT2D eigenvalue weighted by molar-refractivity contribution is -0.140. The molecule has 2 amide bonds. The van der Waals surface area contributed by atoms with Gasteiger partial charge in [0.25, 0.3) is 10.0 Å². The smallest absolute Gasteiger partial charge is 0.264 e. The van der Waals surface area contributed by atoms with Crippen LogP contribution in [0.1, 0.15) is 48.8 Å². The van der Waals surface area contributed by atoms with Gasteiger partial charge in [-0.3, -0.25) is 13.9 Å². The topological polar surface area (TPSA) is 96.0 Å². The van der Waals surface area contributed by atoms with E-state index in [1.807, 2.05) is 61.5 Å². The molecule has 0 unspecified atom stereocenters. The lowest BCUT2D eigenvalue weighted by Gasteiger charge is -2.35. The van der Waals surface area contributed by atoms with Gasteiger partial charge in [-0.15, -0.1) is 0 Å². The Bertz CT molecular complexity index is 1720. The fourth-order valence-corrected chi connectivity index (χ4v) is 7.54. The molecular formula is C38H43N3O5S. The number of sulfonamides is 1. The van der Waals surface area contributed by atoms with Crippen molar-refractivity contribution < 1.29 is 22.7 Å². The van der Waals surface area contributed by atoms with Gasteiger partial charge in [0.05, 0.1) is 17.7 Å². The second-order valence-corrected chi connectivity index (χ2v) is 13.9. The first-order chi connectivity index (χ1) is 22.7. The maximum Gasteiger partial charge on any atom is 0.264 e. The minimum Gasteiger partial charge on any atom is -0.497 e. The van der Waals surface area contributed by atoms with E-state index >= 15 is 0 Å². The van der Waals surface area contributed by atoms with Crippen LogP contribution in [-0.4, -0.2) is 50.9 Å². The maximum atomic E-state index is 14.7. The number of benzene rings is 4. The van der Waals surface area contributed by atoms with Crippen LogP contribution in [0.5, 0.6) is 5.75 Å². The molecule has 0 saturated heterocycles. The molecule has 0 spiro atoms. The van der Waals surface area contributed by atoms with Gasteiger partial charge in [-0.05, 0) is 67.3 Å². The van der Waals surface area contributed by atoms with Gasteiger partial charge >= 0.3 is 0 Å². The van der Waals surface area contributed by atoms with Gasteiger partial charge in [0.1, 0.15) is 18.3 Å². The highest BCUT2D eigenvalue weighted by atomic mass is 32.2. The molecular weight excluding hydrogens is 611 g/mol. The Morgan fingerprint density at radius 1 is 0.830 bits per heavy atom. The predicted octanol–water partition coefficient (Wildman–Crippen LogP) is 6.29. The first-order valence-corrected chi connectivity index (χ1v) is 17.6. The molecule has 5 rings (SSSR count). The molecule has 4 aromatic carbocycles. The summed E-state index contributed by atoms with van der Waals surface area (Å²) in [6.45, 7) is 1.61. The number of methoxy groups -OCH3 is 1. The Morgan fingerprint density at radius 2 is 1.47 bits per heavy atom. The molecule has 9 heteroatoms. The summed E-state index contributed by atoms with van der Waals surface area (Å²) < 4.78 is 34.7. The van der Waals surface area contributed by atoms with Crippen LogP contribution < -0.4 is 14.4 Å². The zero-order chi connectivity index (χ0) is 33.2. The highest BCUT2D eigenvalue weighted by Gasteiger charge is 2.35. The number of carbonyl (C=O) groups excluding carboxylic acids is 2. The number of hydrogen-bond donors (Lipinski definition) is 1. The molecule has 8 nitrogen and oxygen atoms in total. The van der Waals surface area contributed by atoms with Crippen LogP contribution in [0.3, 0.4) is 0 Å². The quantitative estimate of drug-likeness (QED) is 0.183. The van der Waals surface area contributed by atoms with Crippen LogP contribution >= 0.6 is 0 Å². The highest BCUT2D eigenvalue weighted by Crippen LogP contribution is 2.27. The van der Waals surface area contributed by atoms with Crippen LogP contribution in [0.4, 0.5) is 5.69 Å². The Labute approximate surface area is 278 Å². The van der Waals surface area contributed by atoms with Crippen molar-refractivity contribution in [2.24, 2.45) is 0 Å². The fourth-order valence-electron chi connectivity index (χ4n) is 6.10. The number of anilines is 1. The summed E-state index contributed by atoms with van der Waals surface area (Å²) >= 11 is 0. The summed E-state index contributed by atoms with van der Waals surface area (Å²) in [6.07, 6.45) is 5.33. The van der Waals surface area contributed by atoms with Crippen molar-refractivity contribution in [2.75, 3.05) is 18.0 Å². The van der Waals surface area contributed by atoms with E-state index < -0.39 is 28.5 Å². The molecule has 0 bridgehead atoms. The summed E-state index contributed by atoms with van der Waals surface area (Å²) in [5.74, 6) is -0.161. The number of ether oxygens (including phenoxy) is 1. The summed E-state index contributed by atoms with van der Waals surface area (Å²) in [6, 6.07) is 31.2. The lowest BCUT2D eigenvalue weighted by Crippen LogP contribution is -2.55. The molecule has 0 aliphatic heterocycles. The van der Waals surface area contributed by atoms with Crippen molar-refractivity contribution in [1.29, 1.82) is 0 Å². The van der Waals surface area contributed by atoms with E-state index in [0.717, 1.165) is 53.1 Å². The second-order valence-electron chi connectivity index (χ2n) is 12.1. The van der Waals surface area contributed by atoms with Crippen molar-refractivity contribution in [2.45, 2.75) is 69.0 Å². The number of carbonyl (C=O) groups is 2. The van der Waals surface area contributed by atoms with Crippen molar-refractivity contribution in [3.05, 3.63) is 126 Å². The molecule has 0 radical (unpaired) electrons. The van der Waals surface area contributed by atoms with E-state index in [0.29, 0.717) is 11.4 Å². The van der Waals surface area contributed by atoms with Gasteiger partial charge in [0, 0.05) is 19.0 Å². The van der Waals surface area contributed by atoms with Crippen LogP contribution in [-0.2, 0) is 32.6 Å². The average molecular weight is 654 g/mol. The van der Waals surface area contributed by atoms with Crippen LogP contribution in [0.2, 0.25) is 0 Å². The molecule has 1 N–H and O–H groups in total. The number of hydrogen-bond acceptors (Lipinski definition) is 5. The third-order valence-corrected chi connectivity index (χ3v) is 10.4. The Kier molecular flexibility index (Phi) is 11.3. The standard InChI is InChI=1S/C38H43N3O5S/c1-29-13-12-16-31(25-29)27-40(36(26-30-14-6-3-7-15-30)38(43)39-32-17-8-4-9-18-32)37(42)28-41(33-21-23-34(46-2)24-22-33)47(44,45)35-19-10-5-11-20-35/h3,5-7,10-16,19-25,32,36H,4,8-9,17-18,26-28H2,1-2H3,(H,39,43)/t36-/m0/s1. The number of nitrogens with one attached hydrogen (secondary N) is 1. The molecule has 1 atom stereocenters. The average Bonchev–Trinajstić information content (AvgIpc) is 3.10. The summed E-state index contributed by atoms with van der Waals surface area (Å²) in [5, 5.41) is 3.25. The molecule has 1 saturated carbocycles. The third kappa shape index (κ3) is 8.80. The number of nitrogens with zero attached hydrogens (tertiary/aromatic N) is 2. The van der Waals surface area contributed by atoms with Gasteiger partial charge in [-0.25, -0.2) is 8.42 Å². The first-order valence-electron chi connectivity index (χ1n) is 16.2. The monoisotopic (exact) mass is 653 g/mol. The van der Waals surface area contributed by atoms with E-state index in [-0.39, 0.29) is 29.8 Å². The van der Waals surface area contributed by atoms with Crippen LogP contribution in [0.15, 0.2) is 114 Å². The van der Waals surface area contributed by atoms with E-state index in [4.69, 9.17) is 4.74 Å². The first kappa shape index (κ1) is 33.7. The Hall–Kier alpha value is -4.63. The second kappa shape index (κ2) is 15.8. The zero-order valence-electron chi connectivity index (χ0n) is 27.0. The number of amides is 2. The summed E-state index contributed by atoms with van der Waals surface area (Å²) in [7, 11) is -2.63. The van der Waals surface area contributed by atoms with Crippen LogP contribution in [0, 0.1) is 6.92 Å². The normalized spacial score (nSPS) is 14.2. The minimum absolute atomic E-state index is 0.0414. The van der Waals surface area contributed by atoms with E-state index in [9.17, 15) is 18.0 Å². The fraction of sp³-hybridized carbons (Fsp3) is 0.316. The van der Waals surface area contributed by atoms with Crippen molar-refractivity contribution >= 4 is 27.5 Å². The van der Waals surface area contributed by atoms with E-state index in [1.165, 1.54) is 19.2 Å². The van der Waals surface area contributed by atoms with Crippen LogP contribution in [0.25, 0.3) is 0 Å². The van der Waals surface area contributed by atoms with E-state index in [2.05, 4.69) is 5.32 Å². The lowest BCUT2D eigenvalue weighted by atomic mass is 9.94. The van der Waals surface area contributed by atoms with Gasteiger partial charge in [-0.2, -0.15) is 0 Å². The molecule has 4 aromatic rings. The van der Waals surface area contributed by atoms with Crippen molar-refractivity contribution in [3.8, 4) is 5.75 Å². The SMILES string of the molecule is COc1ccc(N(CC(=O)N(Cc2cccc(C)c2)[C@@H](Cc2ccccc2)C(=O)NC2CCCCC2)S(=O)(=O)c2ccccc2)cc1. The molecule has 47 heavy (non-hydrogen) atoms. The maximum absolute atomic E-state index is 14.7. The molecule has 1 aliphatic carbocycles. The predicted molar refractivity (Wildman–Crippen MR) is 185 cm³/mol. The van der Waals surface area contributed by atoms with E-state index in [1.54, 1.807) is 47.4 Å². The van der Waals surface area contributed by atoms with Crippen molar-refractivity contribution in [3.63, 3.8) is 0 Å². The highest BCUT2D eigenvalue weighted by molar-refractivity contribution is 7.92. The molecule has 0 aromatic heterocycles. The van der Waals surface area contributed by atoms with Gasteiger partial charge in [0.2, 0.25) is 11.8 Å². The summed E-state index contributed by atoms with van der Waals surface area (Å²) in [5.41, 5.74) is 3.09. The Morgan fingerprint density at radius 3 is 2.11 bits per heavy atom. The largest absolute Gasteiger partial charge is 0.497 e. The molecule has 1 aliphatic rings. The van der Waals surface area contributed by atoms with Gasteiger partial charge in [0.15, 0.2) is 0 Å². The van der Waals surface area contributed by atoms with Gasteiger partial charge < -0.3 is 15.0 Å². The van der Waals surface area contributed by atoms with Crippen molar-refractivity contribution in [1.82, 2.24) is 10.2 Å². The summed E-state index contributed by atoms with van der Waals surface area (Å²) in [4.78, 5) is 30.5. The molecule has 246 valence electrons. The number of rotatable bonds is 13. The number of aryl methyl sites for hydroxylation is 1.